The first-order chi connectivity index (χ1) is 8.65. The van der Waals surface area contributed by atoms with Crippen molar-refractivity contribution in [3.63, 3.8) is 0 Å². The first kappa shape index (κ1) is 12.2. The molecule has 1 amide bonds. The lowest BCUT2D eigenvalue weighted by atomic mass is 10.2. The Bertz CT molecular complexity index is 526. The number of carbonyl (C=O) groups is 1. The molecule has 0 aliphatic heterocycles. The number of hydrogen-bond acceptors (Lipinski definition) is 2. The Kier molecular flexibility index (Phi) is 3.66. The van der Waals surface area contributed by atoms with Crippen LogP contribution < -0.4 is 5.32 Å². The third-order valence-electron chi connectivity index (χ3n) is 2.32. The molecule has 4 nitrogen and oxygen atoms in total. The summed E-state index contributed by atoms with van der Waals surface area (Å²) < 4.78 is 26.0. The summed E-state index contributed by atoms with van der Waals surface area (Å²) in [7, 11) is 0. The maximum Gasteiger partial charge on any atom is 0.315 e. The van der Waals surface area contributed by atoms with Gasteiger partial charge in [0.2, 0.25) is 0 Å². The van der Waals surface area contributed by atoms with E-state index in [4.69, 9.17) is 0 Å². The number of anilines is 1. The molecule has 1 N–H and O–H groups in total. The fourth-order valence-corrected chi connectivity index (χ4v) is 1.54. The molecular formula is C12H11F2N3O. The van der Waals surface area contributed by atoms with Crippen molar-refractivity contribution in [2.75, 3.05) is 5.32 Å². The molecule has 0 saturated heterocycles. The third kappa shape index (κ3) is 3.13. The number of amides is 1. The molecule has 0 aliphatic carbocycles. The van der Waals surface area contributed by atoms with E-state index in [1.807, 2.05) is 10.6 Å². The number of benzene rings is 1. The van der Waals surface area contributed by atoms with E-state index in [-0.39, 0.29) is 0 Å². The topological polar surface area (TPSA) is 46.9 Å². The highest BCUT2D eigenvalue weighted by Gasteiger charge is 2.14. The van der Waals surface area contributed by atoms with E-state index in [2.05, 4.69) is 10.3 Å². The van der Waals surface area contributed by atoms with Gasteiger partial charge >= 0.3 is 6.43 Å². The van der Waals surface area contributed by atoms with Crippen molar-refractivity contribution in [1.29, 1.82) is 0 Å². The maximum absolute atomic E-state index is 12.1. The van der Waals surface area contributed by atoms with Crippen molar-refractivity contribution in [3.8, 4) is 0 Å². The summed E-state index contributed by atoms with van der Waals surface area (Å²) in [5.41, 5.74) is 1.25. The quantitative estimate of drug-likeness (QED) is 0.904. The van der Waals surface area contributed by atoms with Crippen LogP contribution >= 0.6 is 0 Å². The fourth-order valence-electron chi connectivity index (χ4n) is 1.54. The van der Waals surface area contributed by atoms with Gasteiger partial charge in [0.25, 0.3) is 5.91 Å². The average Bonchev–Trinajstić information content (AvgIpc) is 2.82. The number of aromatic nitrogens is 2. The van der Waals surface area contributed by atoms with Crippen LogP contribution in [0.5, 0.6) is 0 Å². The van der Waals surface area contributed by atoms with Gasteiger partial charge in [0, 0.05) is 24.6 Å². The highest BCUT2D eigenvalue weighted by atomic mass is 19.3. The molecule has 0 bridgehead atoms. The van der Waals surface area contributed by atoms with Crippen LogP contribution in [0.1, 0.15) is 5.56 Å². The minimum atomic E-state index is -3.01. The zero-order valence-corrected chi connectivity index (χ0v) is 9.38. The Labute approximate surface area is 102 Å². The summed E-state index contributed by atoms with van der Waals surface area (Å²) in [5.74, 6) is -1.30. The molecule has 1 aromatic carbocycles. The van der Waals surface area contributed by atoms with Crippen molar-refractivity contribution >= 4 is 11.6 Å². The van der Waals surface area contributed by atoms with Crippen LogP contribution in [0.15, 0.2) is 43.0 Å². The number of nitrogens with zero attached hydrogens (tertiary/aromatic N) is 2. The van der Waals surface area contributed by atoms with Gasteiger partial charge in [0.1, 0.15) is 0 Å². The van der Waals surface area contributed by atoms with Gasteiger partial charge in [-0.1, -0.05) is 12.1 Å². The van der Waals surface area contributed by atoms with E-state index in [0.717, 1.165) is 5.56 Å². The third-order valence-corrected chi connectivity index (χ3v) is 2.32. The molecule has 1 aromatic heterocycles. The molecule has 0 fully saturated rings. The van der Waals surface area contributed by atoms with Crippen LogP contribution in [0.25, 0.3) is 0 Å². The van der Waals surface area contributed by atoms with Crippen molar-refractivity contribution < 1.29 is 13.6 Å². The van der Waals surface area contributed by atoms with Crippen LogP contribution in [-0.2, 0) is 11.3 Å². The number of hydrogen-bond donors (Lipinski definition) is 1. The number of carbonyl (C=O) groups excluding carboxylic acids is 1. The molecule has 0 spiro atoms. The van der Waals surface area contributed by atoms with Gasteiger partial charge in [-0.15, -0.1) is 0 Å². The van der Waals surface area contributed by atoms with Crippen LogP contribution in [0, 0.1) is 0 Å². The Morgan fingerprint density at radius 1 is 1.44 bits per heavy atom. The second-order valence-corrected chi connectivity index (χ2v) is 3.73. The minimum absolute atomic E-state index is 0.359. The number of nitrogens with one attached hydrogen (secondary N) is 1. The van der Waals surface area contributed by atoms with Crippen molar-refractivity contribution in [1.82, 2.24) is 9.55 Å². The average molecular weight is 251 g/mol. The summed E-state index contributed by atoms with van der Waals surface area (Å²) in [5, 5.41) is 2.15. The van der Waals surface area contributed by atoms with Crippen molar-refractivity contribution in [2.45, 2.75) is 13.0 Å². The molecule has 0 atom stereocenters. The maximum atomic E-state index is 12.1. The molecular weight excluding hydrogens is 240 g/mol. The lowest BCUT2D eigenvalue weighted by Gasteiger charge is -2.07. The van der Waals surface area contributed by atoms with Gasteiger partial charge in [-0.3, -0.25) is 4.79 Å². The molecule has 0 unspecified atom stereocenters. The summed E-state index contributed by atoms with van der Waals surface area (Å²) in [4.78, 5) is 14.8. The second kappa shape index (κ2) is 5.39. The summed E-state index contributed by atoms with van der Waals surface area (Å²) in [6.07, 6.45) is 2.10. The molecule has 0 radical (unpaired) electrons. The molecule has 6 heteroatoms. The molecule has 0 aliphatic rings. The first-order valence-corrected chi connectivity index (χ1v) is 5.29. The van der Waals surface area contributed by atoms with Crippen LogP contribution in [0.2, 0.25) is 0 Å². The predicted molar refractivity (Wildman–Crippen MR) is 62.4 cm³/mol. The summed E-state index contributed by atoms with van der Waals surface area (Å²) in [6, 6.07) is 6.77. The Balaban J connectivity index is 2.08. The summed E-state index contributed by atoms with van der Waals surface area (Å²) in [6.45, 7) is 0.568. The van der Waals surface area contributed by atoms with E-state index >= 15 is 0 Å². The van der Waals surface area contributed by atoms with Crippen LogP contribution in [0.4, 0.5) is 14.5 Å². The Morgan fingerprint density at radius 3 is 2.94 bits per heavy atom. The van der Waals surface area contributed by atoms with Crippen LogP contribution in [0.3, 0.4) is 0 Å². The zero-order valence-electron chi connectivity index (χ0n) is 9.38. The highest BCUT2D eigenvalue weighted by molar-refractivity contribution is 5.93. The molecule has 18 heavy (non-hydrogen) atoms. The number of halogens is 2. The monoisotopic (exact) mass is 251 g/mol. The smallest absolute Gasteiger partial charge is 0.315 e. The van der Waals surface area contributed by atoms with Gasteiger partial charge in [0.15, 0.2) is 0 Å². The van der Waals surface area contributed by atoms with Crippen molar-refractivity contribution in [2.24, 2.45) is 0 Å². The number of imidazole rings is 1. The van der Waals surface area contributed by atoms with Gasteiger partial charge in [-0.05, 0) is 17.7 Å². The standard InChI is InChI=1S/C12H11F2N3O/c13-11(14)12(18)16-10-3-1-2-9(6-10)7-17-5-4-15-8-17/h1-6,8,11H,7H2,(H,16,18). The lowest BCUT2D eigenvalue weighted by molar-refractivity contribution is -0.126. The van der Waals surface area contributed by atoms with Gasteiger partial charge in [-0.25, -0.2) is 4.98 Å². The minimum Gasteiger partial charge on any atom is -0.333 e. The Hall–Kier alpha value is -2.24. The molecule has 0 saturated carbocycles. The number of rotatable bonds is 4. The van der Waals surface area contributed by atoms with E-state index in [9.17, 15) is 13.6 Å². The Morgan fingerprint density at radius 2 is 2.28 bits per heavy atom. The first-order valence-electron chi connectivity index (χ1n) is 5.29. The highest BCUT2D eigenvalue weighted by Crippen LogP contribution is 2.12. The van der Waals surface area contributed by atoms with Gasteiger partial charge < -0.3 is 9.88 Å². The van der Waals surface area contributed by atoms with E-state index in [1.165, 1.54) is 0 Å². The van der Waals surface area contributed by atoms with Gasteiger partial charge in [-0.2, -0.15) is 8.78 Å². The lowest BCUT2D eigenvalue weighted by Crippen LogP contribution is -2.20. The zero-order chi connectivity index (χ0) is 13.0. The van der Waals surface area contributed by atoms with E-state index in [0.29, 0.717) is 12.2 Å². The van der Waals surface area contributed by atoms with E-state index in [1.54, 1.807) is 36.9 Å². The molecule has 1 heterocycles. The number of alkyl halides is 2. The van der Waals surface area contributed by atoms with Crippen molar-refractivity contribution in [3.05, 3.63) is 48.5 Å². The normalized spacial score (nSPS) is 10.6. The predicted octanol–water partition coefficient (Wildman–Crippen LogP) is 2.13. The van der Waals surface area contributed by atoms with E-state index < -0.39 is 12.3 Å². The largest absolute Gasteiger partial charge is 0.333 e. The second-order valence-electron chi connectivity index (χ2n) is 3.73. The van der Waals surface area contributed by atoms with Gasteiger partial charge in [0.05, 0.1) is 6.33 Å². The molecule has 2 aromatic rings. The SMILES string of the molecule is O=C(Nc1cccc(Cn2ccnc2)c1)C(F)F. The fraction of sp³-hybridized carbons (Fsp3) is 0.167. The van der Waals surface area contributed by atoms with Crippen LogP contribution in [-0.4, -0.2) is 21.9 Å². The summed E-state index contributed by atoms with van der Waals surface area (Å²) >= 11 is 0. The molecule has 94 valence electrons. The molecule has 2 rings (SSSR count).